The summed E-state index contributed by atoms with van der Waals surface area (Å²) in [5, 5.41) is 10.2. The summed E-state index contributed by atoms with van der Waals surface area (Å²) in [7, 11) is 0. The number of halogens is 2. The zero-order valence-corrected chi connectivity index (χ0v) is 12.1. The molecule has 1 aromatic carbocycles. The third kappa shape index (κ3) is 3.33. The molecule has 1 aliphatic heterocycles. The molecule has 0 saturated carbocycles. The molecule has 7 heteroatoms. The summed E-state index contributed by atoms with van der Waals surface area (Å²) in [5.41, 5.74) is 3.55. The van der Waals surface area contributed by atoms with E-state index in [1.165, 1.54) is 23.1 Å². The summed E-state index contributed by atoms with van der Waals surface area (Å²) in [6.45, 7) is 0.216. The zero-order chi connectivity index (χ0) is 15.6. The maximum Gasteiger partial charge on any atom is 0.251 e. The first-order valence-electron chi connectivity index (χ1n) is 6.56. The molecule has 1 heterocycles. The topological polar surface area (TPSA) is 83.6 Å². The first-order chi connectivity index (χ1) is 9.83. The maximum absolute atomic E-state index is 13.7. The van der Waals surface area contributed by atoms with Crippen molar-refractivity contribution in [3.63, 3.8) is 0 Å². The Morgan fingerprint density at radius 3 is 2.81 bits per heavy atom. The molecular formula is C14H16ClFN2O3. The minimum atomic E-state index is -1.72. The van der Waals surface area contributed by atoms with Gasteiger partial charge in [0.1, 0.15) is 5.82 Å². The zero-order valence-electron chi connectivity index (χ0n) is 11.3. The molecule has 0 bridgehead atoms. The minimum Gasteiger partial charge on any atom is -0.378 e. The lowest BCUT2D eigenvalue weighted by molar-refractivity contribution is -0.148. The van der Waals surface area contributed by atoms with Gasteiger partial charge in [0, 0.05) is 17.1 Å². The lowest BCUT2D eigenvalue weighted by atomic mass is 9.92. The van der Waals surface area contributed by atoms with Crippen molar-refractivity contribution in [2.45, 2.75) is 24.9 Å². The number of carbonyl (C=O) groups is 2. The summed E-state index contributed by atoms with van der Waals surface area (Å²) in [4.78, 5) is 24.8. The Morgan fingerprint density at radius 2 is 2.19 bits per heavy atom. The average molecular weight is 315 g/mol. The molecule has 2 amide bonds. The van der Waals surface area contributed by atoms with Crippen molar-refractivity contribution in [3.05, 3.63) is 34.6 Å². The highest BCUT2D eigenvalue weighted by Gasteiger charge is 2.40. The third-order valence-corrected chi connectivity index (χ3v) is 4.03. The predicted molar refractivity (Wildman–Crippen MR) is 75.1 cm³/mol. The van der Waals surface area contributed by atoms with Gasteiger partial charge in [-0.15, -0.1) is 0 Å². The van der Waals surface area contributed by atoms with Crippen LogP contribution in [0.15, 0.2) is 18.2 Å². The van der Waals surface area contributed by atoms with Crippen LogP contribution >= 0.6 is 11.6 Å². The molecule has 21 heavy (non-hydrogen) atoms. The Balaban J connectivity index is 2.12. The Kier molecular flexibility index (Phi) is 4.49. The van der Waals surface area contributed by atoms with Crippen LogP contribution in [0.25, 0.3) is 0 Å². The van der Waals surface area contributed by atoms with Crippen LogP contribution in [0, 0.1) is 5.82 Å². The SMILES string of the molecule is NC(=O)[C@]1(O)CCCN(C(=O)Cc2c(F)cccc2Cl)C1. The van der Waals surface area contributed by atoms with Gasteiger partial charge in [-0.1, -0.05) is 17.7 Å². The molecule has 0 radical (unpaired) electrons. The first-order valence-corrected chi connectivity index (χ1v) is 6.94. The molecular weight excluding hydrogens is 299 g/mol. The normalized spacial score (nSPS) is 22.1. The van der Waals surface area contributed by atoms with E-state index in [1.54, 1.807) is 0 Å². The van der Waals surface area contributed by atoms with Crippen molar-refractivity contribution in [1.82, 2.24) is 4.90 Å². The highest BCUT2D eigenvalue weighted by Crippen LogP contribution is 2.24. The van der Waals surface area contributed by atoms with E-state index in [2.05, 4.69) is 0 Å². The van der Waals surface area contributed by atoms with Crippen LogP contribution in [0.2, 0.25) is 5.02 Å². The minimum absolute atomic E-state index is 0.109. The van der Waals surface area contributed by atoms with Crippen LogP contribution in [-0.2, 0) is 16.0 Å². The van der Waals surface area contributed by atoms with E-state index in [-0.39, 0.29) is 30.0 Å². The van der Waals surface area contributed by atoms with Crippen molar-refractivity contribution in [2.24, 2.45) is 5.73 Å². The third-order valence-electron chi connectivity index (χ3n) is 3.67. The molecule has 1 aromatic rings. The maximum atomic E-state index is 13.7. The largest absolute Gasteiger partial charge is 0.378 e. The summed E-state index contributed by atoms with van der Waals surface area (Å²) in [5.74, 6) is -1.82. The average Bonchev–Trinajstić information content (AvgIpc) is 2.43. The standard InChI is InChI=1S/C14H16ClFN2O3/c15-10-3-1-4-11(16)9(10)7-12(19)18-6-2-5-14(21,8-18)13(17)20/h1,3-4,21H,2,5-8H2,(H2,17,20)/t14-/m0/s1. The van der Waals surface area contributed by atoms with E-state index in [0.717, 1.165) is 0 Å². The number of nitrogens with zero attached hydrogens (tertiary/aromatic N) is 1. The van der Waals surface area contributed by atoms with E-state index in [0.29, 0.717) is 13.0 Å². The number of nitrogens with two attached hydrogens (primary N) is 1. The molecule has 3 N–H and O–H groups in total. The molecule has 0 unspecified atom stereocenters. The molecule has 0 spiro atoms. The van der Waals surface area contributed by atoms with Gasteiger partial charge in [0.25, 0.3) is 5.91 Å². The number of amides is 2. The van der Waals surface area contributed by atoms with Gasteiger partial charge in [0.2, 0.25) is 5.91 Å². The molecule has 2 rings (SSSR count). The fraction of sp³-hybridized carbons (Fsp3) is 0.429. The first kappa shape index (κ1) is 15.7. The Bertz CT molecular complexity index is 561. The fourth-order valence-electron chi connectivity index (χ4n) is 2.41. The Morgan fingerprint density at radius 1 is 1.48 bits per heavy atom. The van der Waals surface area contributed by atoms with Crippen LogP contribution < -0.4 is 5.73 Å². The number of likely N-dealkylation sites (tertiary alicyclic amines) is 1. The number of hydrogen-bond donors (Lipinski definition) is 2. The smallest absolute Gasteiger partial charge is 0.251 e. The van der Waals surface area contributed by atoms with Crippen molar-refractivity contribution < 1.29 is 19.1 Å². The van der Waals surface area contributed by atoms with Gasteiger partial charge in [0.15, 0.2) is 5.60 Å². The van der Waals surface area contributed by atoms with E-state index >= 15 is 0 Å². The Labute approximate surface area is 126 Å². The molecule has 0 aliphatic carbocycles. The fourth-order valence-corrected chi connectivity index (χ4v) is 2.64. The molecule has 1 atom stereocenters. The number of β-amino-alcohol motifs (C(OH)–C–C–N with tert-alkyl or cyclic N) is 1. The highest BCUT2D eigenvalue weighted by atomic mass is 35.5. The lowest BCUT2D eigenvalue weighted by Crippen LogP contribution is -2.57. The van der Waals surface area contributed by atoms with Crippen LogP contribution in [0.4, 0.5) is 4.39 Å². The summed E-state index contributed by atoms with van der Waals surface area (Å²) < 4.78 is 13.7. The van der Waals surface area contributed by atoms with Gasteiger partial charge in [-0.3, -0.25) is 9.59 Å². The van der Waals surface area contributed by atoms with Gasteiger partial charge in [-0.25, -0.2) is 4.39 Å². The van der Waals surface area contributed by atoms with Crippen LogP contribution in [0.1, 0.15) is 18.4 Å². The number of primary amides is 1. The van der Waals surface area contributed by atoms with Gasteiger partial charge in [-0.05, 0) is 25.0 Å². The number of hydrogen-bond acceptors (Lipinski definition) is 3. The summed E-state index contributed by atoms with van der Waals surface area (Å²) in [6.07, 6.45) is 0.448. The van der Waals surface area contributed by atoms with Crippen molar-refractivity contribution in [1.29, 1.82) is 0 Å². The Hall–Kier alpha value is -1.66. The van der Waals surface area contributed by atoms with E-state index in [4.69, 9.17) is 17.3 Å². The number of aliphatic hydroxyl groups is 1. The lowest BCUT2D eigenvalue weighted by Gasteiger charge is -2.37. The molecule has 114 valence electrons. The predicted octanol–water partition coefficient (Wildman–Crippen LogP) is 0.860. The van der Waals surface area contributed by atoms with Crippen molar-refractivity contribution in [3.8, 4) is 0 Å². The van der Waals surface area contributed by atoms with Crippen molar-refractivity contribution in [2.75, 3.05) is 13.1 Å². The van der Waals surface area contributed by atoms with E-state index < -0.39 is 23.2 Å². The van der Waals surface area contributed by atoms with Crippen molar-refractivity contribution >= 4 is 23.4 Å². The van der Waals surface area contributed by atoms with Crippen LogP contribution in [-0.4, -0.2) is 40.5 Å². The number of benzene rings is 1. The van der Waals surface area contributed by atoms with Crippen LogP contribution in [0.3, 0.4) is 0 Å². The second kappa shape index (κ2) is 5.99. The van der Waals surface area contributed by atoms with Gasteiger partial charge >= 0.3 is 0 Å². The molecule has 1 aliphatic rings. The summed E-state index contributed by atoms with van der Waals surface area (Å²) >= 11 is 5.88. The molecule has 0 aromatic heterocycles. The second-order valence-electron chi connectivity index (χ2n) is 5.19. The second-order valence-corrected chi connectivity index (χ2v) is 5.60. The number of piperidine rings is 1. The number of carbonyl (C=O) groups excluding carboxylic acids is 2. The molecule has 1 fully saturated rings. The van der Waals surface area contributed by atoms with Gasteiger partial charge < -0.3 is 15.7 Å². The number of rotatable bonds is 3. The van der Waals surface area contributed by atoms with Gasteiger partial charge in [0.05, 0.1) is 13.0 Å². The summed E-state index contributed by atoms with van der Waals surface area (Å²) in [6, 6.07) is 4.19. The van der Waals surface area contributed by atoms with E-state index in [9.17, 15) is 19.1 Å². The highest BCUT2D eigenvalue weighted by molar-refractivity contribution is 6.31. The van der Waals surface area contributed by atoms with E-state index in [1.807, 2.05) is 0 Å². The van der Waals surface area contributed by atoms with Gasteiger partial charge in [-0.2, -0.15) is 0 Å². The quantitative estimate of drug-likeness (QED) is 0.868. The molecule has 5 nitrogen and oxygen atoms in total. The monoisotopic (exact) mass is 314 g/mol. The van der Waals surface area contributed by atoms with Crippen LogP contribution in [0.5, 0.6) is 0 Å². The molecule has 1 saturated heterocycles.